The number of hydrogen-bond acceptors (Lipinski definition) is 6. The standard InChI is InChI=1S/C29H42BNO6S/c1-22(10-9-19-30-36-28(3,4)29(5,6)37-30)23(2)38(32,33)31(20-24-11-15-26(34-7)16-12-24)21-25-13-17-27(35-8)18-14-25/h9,11-19,22-23H,10,20-21H2,1-8H3. The van der Waals surface area contributed by atoms with Crippen molar-refractivity contribution in [3.8, 4) is 11.5 Å². The smallest absolute Gasteiger partial charge is 0.486 e. The van der Waals surface area contributed by atoms with E-state index < -0.39 is 33.6 Å². The van der Waals surface area contributed by atoms with E-state index >= 15 is 0 Å². The summed E-state index contributed by atoms with van der Waals surface area (Å²) in [6, 6.07) is 15.0. The first-order valence-electron chi connectivity index (χ1n) is 13.1. The quantitative estimate of drug-likeness (QED) is 0.323. The summed E-state index contributed by atoms with van der Waals surface area (Å²) in [4.78, 5) is 0. The molecule has 2 atom stereocenters. The first-order chi connectivity index (χ1) is 17.8. The van der Waals surface area contributed by atoms with E-state index in [-0.39, 0.29) is 19.0 Å². The van der Waals surface area contributed by atoms with Crippen molar-refractivity contribution in [3.63, 3.8) is 0 Å². The van der Waals surface area contributed by atoms with Gasteiger partial charge in [0.05, 0.1) is 30.7 Å². The van der Waals surface area contributed by atoms with Gasteiger partial charge in [-0.1, -0.05) is 43.2 Å². The highest BCUT2D eigenvalue weighted by Crippen LogP contribution is 2.37. The Morgan fingerprint density at radius 3 is 1.66 bits per heavy atom. The number of allylic oxidation sites excluding steroid dienone is 1. The molecule has 1 heterocycles. The van der Waals surface area contributed by atoms with Crippen molar-refractivity contribution < 1.29 is 27.2 Å². The minimum Gasteiger partial charge on any atom is -0.497 e. The van der Waals surface area contributed by atoms with Gasteiger partial charge in [0.15, 0.2) is 0 Å². The Bertz CT molecular complexity index is 1110. The number of ether oxygens (including phenoxy) is 2. The summed E-state index contributed by atoms with van der Waals surface area (Å²) in [5.41, 5.74) is 0.966. The summed E-state index contributed by atoms with van der Waals surface area (Å²) < 4.78 is 52.0. The predicted octanol–water partition coefficient (Wildman–Crippen LogP) is 5.64. The first-order valence-corrected chi connectivity index (χ1v) is 14.6. The summed E-state index contributed by atoms with van der Waals surface area (Å²) in [5, 5.41) is -0.595. The lowest BCUT2D eigenvalue weighted by molar-refractivity contribution is 0.00578. The van der Waals surface area contributed by atoms with Gasteiger partial charge in [-0.2, -0.15) is 4.31 Å². The molecule has 0 N–H and O–H groups in total. The van der Waals surface area contributed by atoms with E-state index in [0.29, 0.717) is 6.42 Å². The summed E-state index contributed by atoms with van der Waals surface area (Å²) in [5.74, 6) is 3.23. The number of benzene rings is 2. The zero-order valence-corrected chi connectivity index (χ0v) is 24.7. The highest BCUT2D eigenvalue weighted by Gasteiger charge is 2.50. The highest BCUT2D eigenvalue weighted by atomic mass is 32.2. The first kappa shape index (κ1) is 30.2. The van der Waals surface area contributed by atoms with Crippen LogP contribution in [0.2, 0.25) is 0 Å². The Balaban J connectivity index is 1.75. The molecule has 0 aromatic heterocycles. The van der Waals surface area contributed by atoms with Gasteiger partial charge in [-0.3, -0.25) is 0 Å². The Labute approximate surface area is 229 Å². The molecule has 2 unspecified atom stereocenters. The van der Waals surface area contributed by atoms with Crippen molar-refractivity contribution in [3.05, 3.63) is 71.7 Å². The van der Waals surface area contributed by atoms with Crippen molar-refractivity contribution in [2.24, 2.45) is 5.92 Å². The third-order valence-electron chi connectivity index (χ3n) is 7.74. The number of rotatable bonds is 12. The van der Waals surface area contributed by atoms with Crippen molar-refractivity contribution in [2.75, 3.05) is 14.2 Å². The molecule has 7 nitrogen and oxygen atoms in total. The molecule has 0 aliphatic carbocycles. The van der Waals surface area contributed by atoms with Crippen molar-refractivity contribution in [1.82, 2.24) is 4.31 Å². The molecule has 208 valence electrons. The fraction of sp³-hybridized carbons (Fsp3) is 0.517. The van der Waals surface area contributed by atoms with Crippen LogP contribution in [0.1, 0.15) is 59.1 Å². The molecule has 1 saturated heterocycles. The summed E-state index contributed by atoms with van der Waals surface area (Å²) >= 11 is 0. The fourth-order valence-electron chi connectivity index (χ4n) is 4.20. The molecule has 1 aliphatic heterocycles. The Hall–Kier alpha value is -2.33. The summed E-state index contributed by atoms with van der Waals surface area (Å²) in [6.45, 7) is 12.3. The van der Waals surface area contributed by atoms with Crippen LogP contribution in [0.5, 0.6) is 11.5 Å². The van der Waals surface area contributed by atoms with Crippen LogP contribution in [-0.4, -0.2) is 50.5 Å². The average Bonchev–Trinajstić information content (AvgIpc) is 3.09. The number of sulfonamides is 1. The predicted molar refractivity (Wildman–Crippen MR) is 153 cm³/mol. The molecular formula is C29H42BNO6S. The van der Waals surface area contributed by atoms with E-state index in [9.17, 15) is 8.42 Å². The molecular weight excluding hydrogens is 501 g/mol. The summed E-state index contributed by atoms with van der Waals surface area (Å²) in [7, 11) is -0.862. The Morgan fingerprint density at radius 2 is 1.26 bits per heavy atom. The SMILES string of the molecule is COc1ccc(CN(Cc2ccc(OC)cc2)S(=O)(=O)C(C)C(C)CC=CB2OC(C)(C)C(C)(C)O2)cc1. The molecule has 0 spiro atoms. The van der Waals surface area contributed by atoms with E-state index in [1.165, 1.54) is 0 Å². The number of hydrogen-bond donors (Lipinski definition) is 0. The monoisotopic (exact) mass is 543 g/mol. The maximum Gasteiger partial charge on any atom is 0.486 e. The number of nitrogens with zero attached hydrogens (tertiary/aromatic N) is 1. The Kier molecular flexibility index (Phi) is 9.74. The number of methoxy groups -OCH3 is 2. The fourth-order valence-corrected chi connectivity index (χ4v) is 6.02. The lowest BCUT2D eigenvalue weighted by Crippen LogP contribution is -2.41. The molecule has 0 radical (unpaired) electrons. The van der Waals surface area contributed by atoms with Gasteiger partial charge >= 0.3 is 7.12 Å². The molecule has 1 aliphatic rings. The highest BCUT2D eigenvalue weighted by molar-refractivity contribution is 7.89. The van der Waals surface area contributed by atoms with Gasteiger partial charge in [0.1, 0.15) is 11.5 Å². The molecule has 0 amide bonds. The van der Waals surface area contributed by atoms with Crippen molar-refractivity contribution in [2.45, 2.75) is 77.5 Å². The van der Waals surface area contributed by atoms with Crippen molar-refractivity contribution >= 4 is 17.1 Å². The molecule has 3 rings (SSSR count). The van der Waals surface area contributed by atoms with Crippen LogP contribution < -0.4 is 9.47 Å². The van der Waals surface area contributed by atoms with Gasteiger partial charge in [0, 0.05) is 13.1 Å². The van der Waals surface area contributed by atoms with Crippen LogP contribution in [0.3, 0.4) is 0 Å². The molecule has 0 saturated carbocycles. The second kappa shape index (κ2) is 12.2. The van der Waals surface area contributed by atoms with Crippen LogP contribution in [0.25, 0.3) is 0 Å². The van der Waals surface area contributed by atoms with Crippen LogP contribution in [0, 0.1) is 5.92 Å². The maximum absolute atomic E-state index is 13.9. The second-order valence-electron chi connectivity index (χ2n) is 11.0. The Morgan fingerprint density at radius 1 is 0.842 bits per heavy atom. The second-order valence-corrected chi connectivity index (χ2v) is 13.3. The third kappa shape index (κ3) is 7.20. The lowest BCUT2D eigenvalue weighted by Gasteiger charge is -2.32. The van der Waals surface area contributed by atoms with Crippen LogP contribution in [0.15, 0.2) is 60.6 Å². The van der Waals surface area contributed by atoms with Gasteiger partial charge in [-0.05, 0) is 82.3 Å². The van der Waals surface area contributed by atoms with Crippen molar-refractivity contribution in [1.29, 1.82) is 0 Å². The van der Waals surface area contributed by atoms with Crippen LogP contribution >= 0.6 is 0 Å². The van der Waals surface area contributed by atoms with Crippen LogP contribution in [-0.2, 0) is 32.4 Å². The average molecular weight is 544 g/mol. The van der Waals surface area contributed by atoms with E-state index in [2.05, 4.69) is 0 Å². The van der Waals surface area contributed by atoms with E-state index in [1.54, 1.807) is 25.4 Å². The van der Waals surface area contributed by atoms with Gasteiger partial charge < -0.3 is 18.8 Å². The van der Waals surface area contributed by atoms with Gasteiger partial charge in [0.2, 0.25) is 10.0 Å². The van der Waals surface area contributed by atoms with Gasteiger partial charge in [-0.15, -0.1) is 0 Å². The maximum atomic E-state index is 13.9. The molecule has 9 heteroatoms. The van der Waals surface area contributed by atoms with Gasteiger partial charge in [-0.25, -0.2) is 8.42 Å². The molecule has 2 aromatic rings. The normalized spacial score (nSPS) is 18.6. The molecule has 2 aromatic carbocycles. The third-order valence-corrected chi connectivity index (χ3v) is 10.1. The lowest BCUT2D eigenvalue weighted by atomic mass is 9.88. The van der Waals surface area contributed by atoms with Gasteiger partial charge in [0.25, 0.3) is 0 Å². The molecule has 0 bridgehead atoms. The zero-order valence-electron chi connectivity index (χ0n) is 23.9. The van der Waals surface area contributed by atoms with Crippen LogP contribution in [0.4, 0.5) is 0 Å². The topological polar surface area (TPSA) is 74.3 Å². The summed E-state index contributed by atoms with van der Waals surface area (Å²) in [6.07, 6.45) is 2.56. The minimum atomic E-state index is -3.64. The molecule has 1 fully saturated rings. The zero-order chi connectivity index (χ0) is 28.1. The van der Waals surface area contributed by atoms with E-state index in [1.807, 2.05) is 95.2 Å². The largest absolute Gasteiger partial charge is 0.497 e. The van der Waals surface area contributed by atoms with E-state index in [4.69, 9.17) is 18.8 Å². The minimum absolute atomic E-state index is 0.118. The van der Waals surface area contributed by atoms with E-state index in [0.717, 1.165) is 22.6 Å². The molecule has 38 heavy (non-hydrogen) atoms.